The third-order valence-corrected chi connectivity index (χ3v) is 2.60. The van der Waals surface area contributed by atoms with Crippen LogP contribution >= 0.6 is 0 Å². The van der Waals surface area contributed by atoms with Crippen molar-refractivity contribution in [2.75, 3.05) is 22.9 Å². The first-order valence-corrected chi connectivity index (χ1v) is 6.04. The summed E-state index contributed by atoms with van der Waals surface area (Å²) < 4.78 is 0. The molecule has 0 aliphatic rings. The predicted octanol–water partition coefficient (Wildman–Crippen LogP) is 2.27. The second kappa shape index (κ2) is 6.39. The fraction of sp³-hybridized carbons (Fsp3) is 0.143. The molecule has 4 N–H and O–H groups in total. The van der Waals surface area contributed by atoms with Crippen LogP contribution in [0.3, 0.4) is 0 Å². The molecule has 0 aliphatic heterocycles. The fourth-order valence-corrected chi connectivity index (χ4v) is 1.63. The Hall–Kier alpha value is -2.56. The highest BCUT2D eigenvalue weighted by Crippen LogP contribution is 2.22. The van der Waals surface area contributed by atoms with Crippen molar-refractivity contribution in [1.82, 2.24) is 9.97 Å². The topological polar surface area (TPSA) is 75.9 Å². The van der Waals surface area contributed by atoms with Crippen LogP contribution in [-0.4, -0.2) is 16.5 Å². The number of nitrogens with zero attached hydrogens (tertiary/aromatic N) is 2. The van der Waals surface area contributed by atoms with Gasteiger partial charge in [0, 0.05) is 13.1 Å². The standard InChI is InChI=1S/C14H17N5/c1-2-8-16-13-12(15)14(19-10-18-13)17-9-11-6-4-3-5-7-11/h2-7,10H,1,8-9,15H2,(H2,16,17,18,19). The van der Waals surface area contributed by atoms with E-state index in [2.05, 4.69) is 27.2 Å². The predicted molar refractivity (Wildman–Crippen MR) is 78.9 cm³/mol. The summed E-state index contributed by atoms with van der Waals surface area (Å²) >= 11 is 0. The monoisotopic (exact) mass is 255 g/mol. The summed E-state index contributed by atoms with van der Waals surface area (Å²) in [4.78, 5) is 8.25. The summed E-state index contributed by atoms with van der Waals surface area (Å²) in [6.45, 7) is 4.92. The Morgan fingerprint density at radius 3 is 2.47 bits per heavy atom. The molecule has 0 saturated heterocycles. The fourth-order valence-electron chi connectivity index (χ4n) is 1.63. The summed E-state index contributed by atoms with van der Waals surface area (Å²) in [6.07, 6.45) is 3.23. The van der Waals surface area contributed by atoms with E-state index in [-0.39, 0.29) is 0 Å². The molecule has 0 bridgehead atoms. The van der Waals surface area contributed by atoms with Crippen molar-refractivity contribution in [3.8, 4) is 0 Å². The average molecular weight is 255 g/mol. The number of aromatic nitrogens is 2. The van der Waals surface area contributed by atoms with Crippen LogP contribution < -0.4 is 16.4 Å². The average Bonchev–Trinajstić information content (AvgIpc) is 2.46. The molecular weight excluding hydrogens is 238 g/mol. The molecule has 0 radical (unpaired) electrons. The molecule has 5 heteroatoms. The molecule has 0 atom stereocenters. The number of anilines is 3. The van der Waals surface area contributed by atoms with Crippen molar-refractivity contribution in [2.24, 2.45) is 0 Å². The van der Waals surface area contributed by atoms with Crippen LogP contribution in [0.4, 0.5) is 17.3 Å². The largest absolute Gasteiger partial charge is 0.393 e. The quantitative estimate of drug-likeness (QED) is 0.690. The number of rotatable bonds is 6. The van der Waals surface area contributed by atoms with Gasteiger partial charge in [-0.1, -0.05) is 36.4 Å². The maximum Gasteiger partial charge on any atom is 0.155 e. The second-order valence-corrected chi connectivity index (χ2v) is 3.99. The third kappa shape index (κ3) is 3.45. The van der Waals surface area contributed by atoms with Gasteiger partial charge in [-0.25, -0.2) is 9.97 Å². The van der Waals surface area contributed by atoms with Gasteiger partial charge in [-0.15, -0.1) is 6.58 Å². The maximum atomic E-state index is 6.00. The number of nitrogens with two attached hydrogens (primary N) is 1. The van der Waals surface area contributed by atoms with Crippen LogP contribution in [0.1, 0.15) is 5.56 Å². The Bertz CT molecular complexity index is 539. The number of hydrogen-bond acceptors (Lipinski definition) is 5. The molecule has 0 fully saturated rings. The van der Waals surface area contributed by atoms with E-state index in [1.54, 1.807) is 6.08 Å². The number of benzene rings is 1. The van der Waals surface area contributed by atoms with Gasteiger partial charge in [0.2, 0.25) is 0 Å². The van der Waals surface area contributed by atoms with Crippen molar-refractivity contribution in [3.63, 3.8) is 0 Å². The summed E-state index contributed by atoms with van der Waals surface area (Å²) in [7, 11) is 0. The Morgan fingerprint density at radius 2 is 1.79 bits per heavy atom. The Labute approximate surface area is 112 Å². The smallest absolute Gasteiger partial charge is 0.155 e. The lowest BCUT2D eigenvalue weighted by atomic mass is 10.2. The van der Waals surface area contributed by atoms with Gasteiger partial charge in [-0.05, 0) is 5.56 Å². The molecule has 0 unspecified atom stereocenters. The minimum absolute atomic E-state index is 0.514. The van der Waals surface area contributed by atoms with E-state index < -0.39 is 0 Å². The van der Waals surface area contributed by atoms with Gasteiger partial charge in [0.25, 0.3) is 0 Å². The molecular formula is C14H17N5. The minimum atomic E-state index is 0.514. The first-order chi connectivity index (χ1) is 9.31. The molecule has 0 aliphatic carbocycles. The Kier molecular flexibility index (Phi) is 4.34. The van der Waals surface area contributed by atoms with Crippen LogP contribution in [0.15, 0.2) is 49.3 Å². The van der Waals surface area contributed by atoms with Gasteiger partial charge in [0.05, 0.1) is 0 Å². The van der Waals surface area contributed by atoms with Crippen molar-refractivity contribution in [1.29, 1.82) is 0 Å². The van der Waals surface area contributed by atoms with Gasteiger partial charge in [-0.2, -0.15) is 0 Å². The van der Waals surface area contributed by atoms with E-state index in [0.717, 1.165) is 0 Å². The zero-order chi connectivity index (χ0) is 13.5. The Balaban J connectivity index is 2.06. The minimum Gasteiger partial charge on any atom is -0.393 e. The SMILES string of the molecule is C=CCNc1ncnc(NCc2ccccc2)c1N. The van der Waals surface area contributed by atoms with E-state index in [4.69, 9.17) is 5.73 Å². The van der Waals surface area contributed by atoms with Gasteiger partial charge < -0.3 is 16.4 Å². The lowest BCUT2D eigenvalue weighted by Gasteiger charge is -2.11. The zero-order valence-electron chi connectivity index (χ0n) is 10.6. The molecule has 19 heavy (non-hydrogen) atoms. The molecule has 98 valence electrons. The van der Waals surface area contributed by atoms with Gasteiger partial charge in [-0.3, -0.25) is 0 Å². The number of nitrogen functional groups attached to an aromatic ring is 1. The molecule has 0 spiro atoms. The molecule has 1 heterocycles. The van der Waals surface area contributed by atoms with Gasteiger partial charge in [0.1, 0.15) is 12.0 Å². The molecule has 0 amide bonds. The number of nitrogens with one attached hydrogen (secondary N) is 2. The summed E-state index contributed by atoms with van der Waals surface area (Å²) in [5.74, 6) is 1.25. The van der Waals surface area contributed by atoms with E-state index in [9.17, 15) is 0 Å². The van der Waals surface area contributed by atoms with E-state index in [1.807, 2.05) is 30.3 Å². The molecule has 1 aromatic heterocycles. The summed E-state index contributed by atoms with van der Waals surface area (Å²) in [5, 5.41) is 6.27. The van der Waals surface area contributed by atoms with Crippen molar-refractivity contribution >= 4 is 17.3 Å². The highest BCUT2D eigenvalue weighted by atomic mass is 15.1. The second-order valence-electron chi connectivity index (χ2n) is 3.99. The maximum absolute atomic E-state index is 6.00. The van der Waals surface area contributed by atoms with Crippen LogP contribution in [0.25, 0.3) is 0 Å². The molecule has 2 rings (SSSR count). The molecule has 0 saturated carbocycles. The van der Waals surface area contributed by atoms with Crippen LogP contribution in [0.2, 0.25) is 0 Å². The first kappa shape index (κ1) is 12.9. The lowest BCUT2D eigenvalue weighted by molar-refractivity contribution is 1.08. The van der Waals surface area contributed by atoms with Gasteiger partial charge in [0.15, 0.2) is 11.6 Å². The van der Waals surface area contributed by atoms with Crippen LogP contribution in [-0.2, 0) is 6.54 Å². The van der Waals surface area contributed by atoms with Crippen molar-refractivity contribution in [3.05, 3.63) is 54.9 Å². The molecule has 2 aromatic rings. The van der Waals surface area contributed by atoms with Gasteiger partial charge >= 0.3 is 0 Å². The van der Waals surface area contributed by atoms with E-state index in [0.29, 0.717) is 30.4 Å². The van der Waals surface area contributed by atoms with E-state index >= 15 is 0 Å². The van der Waals surface area contributed by atoms with Crippen molar-refractivity contribution < 1.29 is 0 Å². The highest BCUT2D eigenvalue weighted by molar-refractivity contribution is 5.74. The molecule has 5 nitrogen and oxygen atoms in total. The van der Waals surface area contributed by atoms with Crippen LogP contribution in [0, 0.1) is 0 Å². The Morgan fingerprint density at radius 1 is 1.11 bits per heavy atom. The highest BCUT2D eigenvalue weighted by Gasteiger charge is 2.06. The van der Waals surface area contributed by atoms with E-state index in [1.165, 1.54) is 11.9 Å². The lowest BCUT2D eigenvalue weighted by Crippen LogP contribution is -2.09. The normalized spacial score (nSPS) is 9.89. The summed E-state index contributed by atoms with van der Waals surface area (Å²) in [6, 6.07) is 10.1. The zero-order valence-corrected chi connectivity index (χ0v) is 10.6. The first-order valence-electron chi connectivity index (χ1n) is 6.04. The van der Waals surface area contributed by atoms with Crippen molar-refractivity contribution in [2.45, 2.75) is 6.54 Å². The third-order valence-electron chi connectivity index (χ3n) is 2.60. The summed E-state index contributed by atoms with van der Waals surface area (Å²) in [5.41, 5.74) is 7.69. The molecule has 1 aromatic carbocycles. The number of hydrogen-bond donors (Lipinski definition) is 3. The van der Waals surface area contributed by atoms with Crippen LogP contribution in [0.5, 0.6) is 0 Å².